The molecule has 0 amide bonds. The maximum Gasteiger partial charge on any atom is 0.317 e. The van der Waals surface area contributed by atoms with Crippen LogP contribution in [0.1, 0.15) is 13.8 Å². The van der Waals surface area contributed by atoms with Crippen molar-refractivity contribution in [3.8, 4) is 0 Å². The largest absolute Gasteiger partial charge is 0.480 e. The summed E-state index contributed by atoms with van der Waals surface area (Å²) in [5, 5.41) is 17.7. The molecule has 0 aliphatic carbocycles. The average molecular weight is 238 g/mol. The van der Waals surface area contributed by atoms with Gasteiger partial charge in [-0.1, -0.05) is 13.8 Å². The molecule has 0 saturated heterocycles. The van der Waals surface area contributed by atoms with Crippen LogP contribution in [-0.4, -0.2) is 36.2 Å². The first kappa shape index (κ1) is 13.9. The zero-order valence-electron chi connectivity index (χ0n) is 8.39. The van der Waals surface area contributed by atoms with Gasteiger partial charge in [0.05, 0.1) is 0 Å². The van der Waals surface area contributed by atoms with Gasteiger partial charge < -0.3 is 5.11 Å². The Morgan fingerprint density at radius 2 is 1.86 bits per heavy atom. The Balaban J connectivity index is 4.31. The Morgan fingerprint density at radius 1 is 1.36 bits per heavy atom. The van der Waals surface area contributed by atoms with Crippen molar-refractivity contribution < 1.29 is 9.90 Å². The molecule has 14 heavy (non-hydrogen) atoms. The van der Waals surface area contributed by atoms with Crippen molar-refractivity contribution in [2.75, 3.05) is 19.6 Å². The summed E-state index contributed by atoms with van der Waals surface area (Å²) in [7, 11) is 0.119. The van der Waals surface area contributed by atoms with E-state index in [4.69, 9.17) is 16.9 Å². The van der Waals surface area contributed by atoms with Crippen molar-refractivity contribution in [1.82, 2.24) is 16.0 Å². The van der Waals surface area contributed by atoms with Crippen LogP contribution in [0.3, 0.4) is 0 Å². The van der Waals surface area contributed by atoms with E-state index in [2.05, 4.69) is 16.0 Å². The summed E-state index contributed by atoms with van der Waals surface area (Å²) in [5.74, 6) is -0.890. The third-order valence-electron chi connectivity index (χ3n) is 1.54. The first-order chi connectivity index (χ1) is 6.60. The van der Waals surface area contributed by atoms with Crippen molar-refractivity contribution in [1.29, 1.82) is 0 Å². The van der Waals surface area contributed by atoms with E-state index in [0.717, 1.165) is 13.1 Å². The summed E-state index contributed by atoms with van der Waals surface area (Å²) >= 11 is 5.02. The quantitative estimate of drug-likeness (QED) is 0.342. The smallest absolute Gasteiger partial charge is 0.317 e. The minimum absolute atomic E-state index is 0.108. The summed E-state index contributed by atoms with van der Waals surface area (Å²) in [6.07, 6.45) is 0. The maximum absolute atomic E-state index is 10.4. The highest BCUT2D eigenvalue weighted by molar-refractivity contribution is 7.97. The molecule has 5 nitrogen and oxygen atoms in total. The van der Waals surface area contributed by atoms with E-state index in [9.17, 15) is 4.79 Å². The number of nitrogens with one attached hydrogen (secondary N) is 3. The van der Waals surface area contributed by atoms with Crippen molar-refractivity contribution >= 4 is 25.1 Å². The second-order valence-corrected chi connectivity index (χ2v) is 4.23. The summed E-state index contributed by atoms with van der Waals surface area (Å²) < 4.78 is 0. The van der Waals surface area contributed by atoms with Crippen molar-refractivity contribution in [2.24, 2.45) is 0 Å². The fraction of sp³-hybridized carbons (Fsp3) is 0.857. The number of carbonyl (C=O) groups is 1. The summed E-state index contributed by atoms with van der Waals surface area (Å²) in [6, 6.07) is 0. The molecular formula is C7H17N3O2PS+. The topological polar surface area (TPSA) is 73.4 Å². The summed E-state index contributed by atoms with van der Waals surface area (Å²) in [6.45, 7) is 5.24. The van der Waals surface area contributed by atoms with Gasteiger partial charge in [-0.2, -0.15) is 0 Å². The molecule has 4 N–H and O–H groups in total. The summed E-state index contributed by atoms with van der Waals surface area (Å²) in [5.41, 5.74) is -0.614. The first-order valence-electron chi connectivity index (χ1n) is 4.46. The molecule has 0 bridgehead atoms. The molecule has 0 rings (SSSR count). The monoisotopic (exact) mass is 238 g/mol. The molecule has 0 aliphatic rings. The van der Waals surface area contributed by atoms with Gasteiger partial charge in [-0.25, -0.2) is 16.0 Å². The number of carboxylic acids is 1. The van der Waals surface area contributed by atoms with Gasteiger partial charge in [0.25, 0.3) is 5.53 Å². The van der Waals surface area contributed by atoms with Crippen molar-refractivity contribution in [3.05, 3.63) is 0 Å². The maximum atomic E-state index is 10.4. The fourth-order valence-electron chi connectivity index (χ4n) is 1.03. The Hall–Kier alpha value is -0.130. The highest BCUT2D eigenvalue weighted by atomic mass is 32.4. The molecule has 1 atom stereocenters. The number of aliphatic carboxylic acids is 1. The van der Waals surface area contributed by atoms with Gasteiger partial charge in [0, 0.05) is 0 Å². The number of hydrogen-bond donors (Lipinski definition) is 4. The van der Waals surface area contributed by atoms with E-state index in [-0.39, 0.29) is 13.9 Å². The third kappa shape index (κ3) is 4.93. The highest BCUT2D eigenvalue weighted by Crippen LogP contribution is 2.12. The highest BCUT2D eigenvalue weighted by Gasteiger charge is 2.33. The minimum Gasteiger partial charge on any atom is -0.480 e. The molecule has 0 aromatic rings. The Labute approximate surface area is 90.5 Å². The van der Waals surface area contributed by atoms with Crippen LogP contribution in [0, 0.1) is 0 Å². The van der Waals surface area contributed by atoms with Gasteiger partial charge in [-0.3, -0.25) is 4.79 Å². The molecule has 1 unspecified atom stereocenters. The van der Waals surface area contributed by atoms with Crippen LogP contribution in [0.25, 0.3) is 0 Å². The van der Waals surface area contributed by atoms with Gasteiger partial charge in [0.1, 0.15) is 6.54 Å². The van der Waals surface area contributed by atoms with Crippen molar-refractivity contribution in [3.63, 3.8) is 0 Å². The van der Waals surface area contributed by atoms with E-state index in [1.165, 1.54) is 0 Å². The number of hydrogen-bond acceptors (Lipinski definition) is 5. The van der Waals surface area contributed by atoms with Crippen LogP contribution in [0.4, 0.5) is 0 Å². The van der Waals surface area contributed by atoms with E-state index in [1.54, 1.807) is 0 Å². The SMILES string of the molecule is CCNC(NCC)(NCC(=O)O)[PH+]=S. The Kier molecular flexibility index (Phi) is 7.13. The lowest BCUT2D eigenvalue weighted by atomic mass is 10.5. The third-order valence-corrected chi connectivity index (χ3v) is 3.30. The molecule has 0 spiro atoms. The Morgan fingerprint density at radius 3 is 2.14 bits per heavy atom. The van der Waals surface area contributed by atoms with Gasteiger partial charge in [-0.15, -0.1) is 0 Å². The predicted octanol–water partition coefficient (Wildman–Crippen LogP) is -0.369. The van der Waals surface area contributed by atoms with Gasteiger partial charge >= 0.3 is 5.97 Å². The lowest BCUT2D eigenvalue weighted by Crippen LogP contribution is -2.63. The van der Waals surface area contributed by atoms with Crippen LogP contribution in [0.15, 0.2) is 0 Å². The van der Waals surface area contributed by atoms with Crippen LogP contribution < -0.4 is 16.0 Å². The molecule has 0 aliphatic heterocycles. The second kappa shape index (κ2) is 7.20. The minimum atomic E-state index is -0.890. The lowest BCUT2D eigenvalue weighted by molar-refractivity contribution is -0.136. The van der Waals surface area contributed by atoms with Crippen LogP contribution >= 0.6 is 7.36 Å². The zero-order chi connectivity index (χ0) is 11.0. The standard InChI is InChI=1S/C7H16N3O2PS/c1-3-8-7(13-14,9-4-2)10-5-6(11)12/h8-10H,3-5H2,1-2H3,(H,11,12)/p+1. The molecule has 0 aromatic heterocycles. The summed E-state index contributed by atoms with van der Waals surface area (Å²) in [4.78, 5) is 10.4. The molecule has 0 saturated carbocycles. The molecule has 0 heterocycles. The van der Waals surface area contributed by atoms with Gasteiger partial charge in [0.15, 0.2) is 11.8 Å². The number of carboxylic acid groups (broad SMARTS) is 1. The average Bonchev–Trinajstić information content (AvgIpc) is 2.15. The predicted molar refractivity (Wildman–Crippen MR) is 61.4 cm³/mol. The zero-order valence-corrected chi connectivity index (χ0v) is 10.2. The second-order valence-electron chi connectivity index (χ2n) is 2.66. The van der Waals surface area contributed by atoms with Gasteiger partial charge in [-0.05, 0) is 13.1 Å². The lowest BCUT2D eigenvalue weighted by Gasteiger charge is -2.24. The Bertz CT molecular complexity index is 197. The first-order valence-corrected chi connectivity index (χ1v) is 6.59. The molecule has 82 valence electrons. The van der Waals surface area contributed by atoms with E-state index in [1.807, 2.05) is 13.8 Å². The normalized spacial score (nSPS) is 11.9. The molecule has 0 aromatic carbocycles. The fourth-order valence-corrected chi connectivity index (χ4v) is 2.34. The van der Waals surface area contributed by atoms with Crippen LogP contribution in [0.5, 0.6) is 0 Å². The molecule has 7 heteroatoms. The van der Waals surface area contributed by atoms with E-state index >= 15 is 0 Å². The molecule has 0 fully saturated rings. The van der Waals surface area contributed by atoms with Crippen LogP contribution in [0.2, 0.25) is 0 Å². The van der Waals surface area contributed by atoms with Crippen LogP contribution in [-0.2, 0) is 16.6 Å². The van der Waals surface area contributed by atoms with Gasteiger partial charge in [0.2, 0.25) is 7.36 Å². The molecular weight excluding hydrogens is 221 g/mol. The van der Waals surface area contributed by atoms with Crippen molar-refractivity contribution in [2.45, 2.75) is 19.4 Å². The molecule has 0 radical (unpaired) electrons. The van der Waals surface area contributed by atoms with E-state index in [0.29, 0.717) is 0 Å². The number of rotatable bonds is 8. The van der Waals surface area contributed by atoms with E-state index < -0.39 is 11.5 Å².